The molecular formula is C19H23NO. The molecule has 0 radical (unpaired) electrons. The van der Waals surface area contributed by atoms with Crippen LogP contribution >= 0.6 is 0 Å². The first-order chi connectivity index (χ1) is 10.2. The van der Waals surface area contributed by atoms with Crippen LogP contribution in [0.1, 0.15) is 48.3 Å². The largest absolute Gasteiger partial charge is 0.489 e. The fraction of sp³-hybridized carbons (Fsp3) is 0.368. The summed E-state index contributed by atoms with van der Waals surface area (Å²) in [5.74, 6) is 1.60. The first-order valence-corrected chi connectivity index (χ1v) is 7.81. The summed E-state index contributed by atoms with van der Waals surface area (Å²) in [7, 11) is 0. The average Bonchev–Trinajstić information content (AvgIpc) is 3.03. The van der Waals surface area contributed by atoms with Crippen LogP contribution in [0.15, 0.2) is 42.5 Å². The highest BCUT2D eigenvalue weighted by atomic mass is 16.5. The number of aryl methyl sites for hydroxylation is 1. The van der Waals surface area contributed by atoms with Gasteiger partial charge in [0.1, 0.15) is 12.4 Å². The summed E-state index contributed by atoms with van der Waals surface area (Å²) in [4.78, 5) is 0. The number of benzene rings is 2. The standard InChI is InChI=1S/C19H23NO/c1-14-11-17(16-9-5-6-10-16)19(12-18(14)20)21-13-15-7-3-2-4-8-15/h2-4,7-8,11-12,16H,5-6,9-10,13,20H2,1H3. The smallest absolute Gasteiger partial charge is 0.125 e. The van der Waals surface area contributed by atoms with E-state index in [4.69, 9.17) is 10.5 Å². The number of nitrogens with two attached hydrogens (primary N) is 1. The fourth-order valence-corrected chi connectivity index (χ4v) is 3.14. The molecule has 0 aliphatic heterocycles. The molecule has 0 aromatic heterocycles. The van der Waals surface area contributed by atoms with E-state index in [0.29, 0.717) is 12.5 Å². The SMILES string of the molecule is Cc1cc(C2CCCC2)c(OCc2ccccc2)cc1N. The van der Waals surface area contributed by atoms with Gasteiger partial charge in [-0.1, -0.05) is 49.2 Å². The van der Waals surface area contributed by atoms with Gasteiger partial charge in [0.2, 0.25) is 0 Å². The summed E-state index contributed by atoms with van der Waals surface area (Å²) < 4.78 is 6.09. The highest BCUT2D eigenvalue weighted by Gasteiger charge is 2.21. The number of anilines is 1. The number of ether oxygens (including phenoxy) is 1. The predicted octanol–water partition coefficient (Wildman–Crippen LogP) is 4.81. The minimum absolute atomic E-state index is 0.600. The van der Waals surface area contributed by atoms with Crippen LogP contribution in [0.2, 0.25) is 0 Å². The van der Waals surface area contributed by atoms with Crippen molar-refractivity contribution in [3.63, 3.8) is 0 Å². The maximum absolute atomic E-state index is 6.09. The van der Waals surface area contributed by atoms with Crippen LogP contribution in [0.5, 0.6) is 5.75 Å². The predicted molar refractivity (Wildman–Crippen MR) is 87.6 cm³/mol. The van der Waals surface area contributed by atoms with Crippen LogP contribution in [-0.4, -0.2) is 0 Å². The van der Waals surface area contributed by atoms with Gasteiger partial charge in [-0.15, -0.1) is 0 Å². The van der Waals surface area contributed by atoms with Crippen molar-refractivity contribution in [1.82, 2.24) is 0 Å². The molecule has 1 aliphatic carbocycles. The van der Waals surface area contributed by atoms with Gasteiger partial charge in [0.15, 0.2) is 0 Å². The molecule has 2 N–H and O–H groups in total. The van der Waals surface area contributed by atoms with E-state index in [1.807, 2.05) is 24.3 Å². The lowest BCUT2D eigenvalue weighted by Crippen LogP contribution is -2.03. The Morgan fingerprint density at radius 2 is 1.81 bits per heavy atom. The summed E-state index contributed by atoms with van der Waals surface area (Å²) in [5, 5.41) is 0. The van der Waals surface area contributed by atoms with Crippen LogP contribution in [0.3, 0.4) is 0 Å². The van der Waals surface area contributed by atoms with Crippen molar-refractivity contribution in [3.8, 4) is 5.75 Å². The number of hydrogen-bond acceptors (Lipinski definition) is 2. The van der Waals surface area contributed by atoms with Crippen molar-refractivity contribution in [1.29, 1.82) is 0 Å². The Morgan fingerprint density at radius 1 is 1.10 bits per heavy atom. The lowest BCUT2D eigenvalue weighted by molar-refractivity contribution is 0.301. The van der Waals surface area contributed by atoms with Crippen molar-refractivity contribution in [2.24, 2.45) is 0 Å². The summed E-state index contributed by atoms with van der Waals surface area (Å²) in [6.45, 7) is 2.68. The Morgan fingerprint density at radius 3 is 2.52 bits per heavy atom. The molecule has 0 amide bonds. The Hall–Kier alpha value is -1.96. The lowest BCUT2D eigenvalue weighted by Gasteiger charge is -2.18. The topological polar surface area (TPSA) is 35.2 Å². The zero-order valence-electron chi connectivity index (χ0n) is 12.6. The zero-order chi connectivity index (χ0) is 14.7. The van der Waals surface area contributed by atoms with Gasteiger partial charge in [-0.2, -0.15) is 0 Å². The van der Waals surface area contributed by atoms with Crippen LogP contribution in [0.4, 0.5) is 5.69 Å². The molecule has 0 spiro atoms. The number of rotatable bonds is 4. The Balaban J connectivity index is 1.83. The normalized spacial score (nSPS) is 15.3. The maximum atomic E-state index is 6.09. The van der Waals surface area contributed by atoms with Crippen LogP contribution in [-0.2, 0) is 6.61 Å². The first kappa shape index (κ1) is 14.0. The maximum Gasteiger partial charge on any atom is 0.125 e. The number of nitrogen functional groups attached to an aromatic ring is 1. The summed E-state index contributed by atoms with van der Waals surface area (Å²) >= 11 is 0. The van der Waals surface area contributed by atoms with E-state index in [0.717, 1.165) is 17.0 Å². The van der Waals surface area contributed by atoms with Gasteiger partial charge in [-0.25, -0.2) is 0 Å². The average molecular weight is 281 g/mol. The Labute approximate surface area is 126 Å². The third-order valence-electron chi connectivity index (χ3n) is 4.43. The molecule has 1 aliphatic rings. The van der Waals surface area contributed by atoms with E-state index >= 15 is 0 Å². The molecule has 110 valence electrons. The van der Waals surface area contributed by atoms with Crippen molar-refractivity contribution in [2.45, 2.75) is 45.1 Å². The molecule has 2 aromatic carbocycles. The second-order valence-electron chi connectivity index (χ2n) is 6.00. The van der Waals surface area contributed by atoms with Gasteiger partial charge >= 0.3 is 0 Å². The molecular weight excluding hydrogens is 258 g/mol. The van der Waals surface area contributed by atoms with Gasteiger partial charge in [0, 0.05) is 11.8 Å². The molecule has 0 saturated heterocycles. The molecule has 0 atom stereocenters. The van der Waals surface area contributed by atoms with Crippen molar-refractivity contribution in [2.75, 3.05) is 5.73 Å². The monoisotopic (exact) mass is 281 g/mol. The first-order valence-electron chi connectivity index (χ1n) is 7.81. The van der Waals surface area contributed by atoms with E-state index in [9.17, 15) is 0 Å². The third kappa shape index (κ3) is 3.21. The molecule has 1 saturated carbocycles. The second kappa shape index (κ2) is 6.21. The lowest BCUT2D eigenvalue weighted by atomic mass is 9.94. The summed E-state index contributed by atoms with van der Waals surface area (Å²) in [6, 6.07) is 14.5. The van der Waals surface area contributed by atoms with Crippen molar-refractivity contribution < 1.29 is 4.74 Å². The zero-order valence-corrected chi connectivity index (χ0v) is 12.6. The second-order valence-corrected chi connectivity index (χ2v) is 6.00. The van der Waals surface area contributed by atoms with Gasteiger partial charge < -0.3 is 10.5 Å². The molecule has 0 heterocycles. The van der Waals surface area contributed by atoms with Gasteiger partial charge in [0.25, 0.3) is 0 Å². The van der Waals surface area contributed by atoms with Crippen molar-refractivity contribution in [3.05, 3.63) is 59.2 Å². The molecule has 2 aromatic rings. The highest BCUT2D eigenvalue weighted by molar-refractivity contribution is 5.55. The van der Waals surface area contributed by atoms with Gasteiger partial charge in [-0.05, 0) is 42.4 Å². The molecule has 0 unspecified atom stereocenters. The van der Waals surface area contributed by atoms with Crippen LogP contribution < -0.4 is 10.5 Å². The minimum atomic E-state index is 0.600. The third-order valence-corrected chi connectivity index (χ3v) is 4.43. The minimum Gasteiger partial charge on any atom is -0.489 e. The van der Waals surface area contributed by atoms with Gasteiger partial charge in [-0.3, -0.25) is 0 Å². The molecule has 1 fully saturated rings. The van der Waals surface area contributed by atoms with Crippen LogP contribution in [0.25, 0.3) is 0 Å². The van der Waals surface area contributed by atoms with E-state index in [2.05, 4.69) is 25.1 Å². The molecule has 0 bridgehead atoms. The van der Waals surface area contributed by atoms with Crippen LogP contribution in [0, 0.1) is 6.92 Å². The summed E-state index contributed by atoms with van der Waals surface area (Å²) in [6.07, 6.45) is 5.19. The van der Waals surface area contributed by atoms with Gasteiger partial charge in [0.05, 0.1) is 0 Å². The van der Waals surface area contributed by atoms with E-state index in [1.165, 1.54) is 36.8 Å². The Bertz CT molecular complexity index is 600. The summed E-state index contributed by atoms with van der Waals surface area (Å²) in [5.41, 5.74) is 10.6. The van der Waals surface area contributed by atoms with E-state index in [-0.39, 0.29) is 0 Å². The molecule has 3 rings (SSSR count). The van der Waals surface area contributed by atoms with E-state index < -0.39 is 0 Å². The number of hydrogen-bond donors (Lipinski definition) is 1. The van der Waals surface area contributed by atoms with Crippen molar-refractivity contribution >= 4 is 5.69 Å². The Kier molecular flexibility index (Phi) is 4.14. The molecule has 2 heteroatoms. The fourth-order valence-electron chi connectivity index (χ4n) is 3.14. The quantitative estimate of drug-likeness (QED) is 0.816. The molecule has 21 heavy (non-hydrogen) atoms. The van der Waals surface area contributed by atoms with E-state index in [1.54, 1.807) is 0 Å². The highest BCUT2D eigenvalue weighted by Crippen LogP contribution is 2.40. The molecule has 2 nitrogen and oxygen atoms in total.